The van der Waals surface area contributed by atoms with Gasteiger partial charge in [0.1, 0.15) is 11.6 Å². The Balaban J connectivity index is 1.72. The van der Waals surface area contributed by atoms with E-state index in [-0.39, 0.29) is 24.5 Å². The van der Waals surface area contributed by atoms with Crippen LogP contribution < -0.4 is 0 Å². The van der Waals surface area contributed by atoms with Crippen LogP contribution in [0.4, 0.5) is 0 Å². The highest BCUT2D eigenvalue weighted by atomic mass is 16.5. The summed E-state index contributed by atoms with van der Waals surface area (Å²) in [5.41, 5.74) is -2.03. The molecule has 4 aliphatic rings. The lowest BCUT2D eigenvalue weighted by Gasteiger charge is -2.40. The highest BCUT2D eigenvalue weighted by Crippen LogP contribution is 2.63. The SMILES string of the molecule is C=CCN(C(=O)C1N(CCCCO)C(=O)[C@@H]2[C@@H](C(=O)O)[C@@]3(C)CCC12O3)C1CCCCC1. The van der Waals surface area contributed by atoms with Gasteiger partial charge in [0.2, 0.25) is 11.8 Å². The molecular weight excluding hydrogens is 412 g/mol. The molecule has 1 aliphatic carbocycles. The van der Waals surface area contributed by atoms with E-state index in [1.54, 1.807) is 17.9 Å². The predicted octanol–water partition coefficient (Wildman–Crippen LogP) is 1.96. The Hall–Kier alpha value is -1.93. The maximum atomic E-state index is 14.1. The first kappa shape index (κ1) is 23.2. The van der Waals surface area contributed by atoms with Crippen LogP contribution in [0.5, 0.6) is 0 Å². The van der Waals surface area contributed by atoms with Crippen molar-refractivity contribution in [3.63, 3.8) is 0 Å². The number of ether oxygens (including phenoxy) is 1. The number of nitrogens with zero attached hydrogens (tertiary/aromatic N) is 2. The van der Waals surface area contributed by atoms with Crippen molar-refractivity contribution in [2.24, 2.45) is 11.8 Å². The largest absolute Gasteiger partial charge is 0.481 e. The molecule has 0 aromatic heterocycles. The molecule has 32 heavy (non-hydrogen) atoms. The number of carbonyl (C=O) groups is 3. The first-order valence-electron chi connectivity index (χ1n) is 12.1. The molecule has 1 spiro atoms. The quantitative estimate of drug-likeness (QED) is 0.412. The fraction of sp³-hybridized carbons (Fsp3) is 0.792. The molecule has 8 nitrogen and oxygen atoms in total. The van der Waals surface area contributed by atoms with Gasteiger partial charge in [-0.3, -0.25) is 14.4 Å². The molecule has 0 aromatic rings. The van der Waals surface area contributed by atoms with E-state index < -0.39 is 35.0 Å². The topological polar surface area (TPSA) is 107 Å². The number of amides is 2. The zero-order valence-corrected chi connectivity index (χ0v) is 19.0. The molecule has 2 unspecified atom stereocenters. The molecule has 2 bridgehead atoms. The molecule has 2 N–H and O–H groups in total. The minimum absolute atomic E-state index is 0.00615. The molecule has 4 fully saturated rings. The zero-order chi connectivity index (χ0) is 23.1. The zero-order valence-electron chi connectivity index (χ0n) is 19.0. The summed E-state index contributed by atoms with van der Waals surface area (Å²) in [5, 5.41) is 19.2. The van der Waals surface area contributed by atoms with Gasteiger partial charge in [-0.25, -0.2) is 0 Å². The van der Waals surface area contributed by atoms with Gasteiger partial charge >= 0.3 is 5.97 Å². The second kappa shape index (κ2) is 8.78. The third kappa shape index (κ3) is 3.46. The molecule has 3 saturated heterocycles. The number of aliphatic hydroxyl groups excluding tert-OH is 1. The van der Waals surface area contributed by atoms with Crippen molar-refractivity contribution in [2.45, 2.75) is 88.0 Å². The second-order valence-electron chi connectivity index (χ2n) is 10.1. The molecule has 1 saturated carbocycles. The first-order valence-corrected chi connectivity index (χ1v) is 12.1. The van der Waals surface area contributed by atoms with Gasteiger partial charge in [-0.05, 0) is 45.4 Å². The van der Waals surface area contributed by atoms with E-state index in [9.17, 15) is 24.6 Å². The Morgan fingerprint density at radius 1 is 1.25 bits per heavy atom. The number of aliphatic carboxylic acids is 1. The molecule has 3 heterocycles. The fourth-order valence-corrected chi connectivity index (χ4v) is 6.82. The van der Waals surface area contributed by atoms with E-state index in [1.165, 1.54) is 0 Å². The Morgan fingerprint density at radius 3 is 2.59 bits per heavy atom. The van der Waals surface area contributed by atoms with Gasteiger partial charge in [0, 0.05) is 25.7 Å². The van der Waals surface area contributed by atoms with Crippen LogP contribution >= 0.6 is 0 Å². The van der Waals surface area contributed by atoms with Crippen LogP contribution in [-0.4, -0.2) is 80.8 Å². The molecule has 4 rings (SSSR count). The highest BCUT2D eigenvalue weighted by molar-refractivity contribution is 5.98. The lowest BCUT2D eigenvalue weighted by molar-refractivity contribution is -0.157. The summed E-state index contributed by atoms with van der Waals surface area (Å²) in [6.07, 6.45) is 8.97. The Bertz CT molecular complexity index is 780. The van der Waals surface area contributed by atoms with Crippen LogP contribution in [-0.2, 0) is 19.1 Å². The van der Waals surface area contributed by atoms with Gasteiger partial charge < -0.3 is 24.7 Å². The van der Waals surface area contributed by atoms with Crippen molar-refractivity contribution in [3.05, 3.63) is 12.7 Å². The fourth-order valence-electron chi connectivity index (χ4n) is 6.82. The van der Waals surface area contributed by atoms with Crippen LogP contribution in [0.1, 0.15) is 64.7 Å². The van der Waals surface area contributed by atoms with Crippen molar-refractivity contribution in [1.29, 1.82) is 0 Å². The summed E-state index contributed by atoms with van der Waals surface area (Å²) in [6, 6.07) is -0.727. The number of carboxylic acids is 1. The summed E-state index contributed by atoms with van der Waals surface area (Å²) >= 11 is 0. The van der Waals surface area contributed by atoms with E-state index in [1.807, 2.05) is 4.90 Å². The Kier molecular flexibility index (Phi) is 6.38. The summed E-state index contributed by atoms with van der Waals surface area (Å²) in [7, 11) is 0. The molecule has 0 aromatic carbocycles. The average molecular weight is 449 g/mol. The monoisotopic (exact) mass is 448 g/mol. The van der Waals surface area contributed by atoms with Gasteiger partial charge in [0.15, 0.2) is 0 Å². The summed E-state index contributed by atoms with van der Waals surface area (Å²) in [6.45, 7) is 6.34. The van der Waals surface area contributed by atoms with Gasteiger partial charge in [-0.15, -0.1) is 6.58 Å². The number of likely N-dealkylation sites (tertiary alicyclic amines) is 1. The number of unbranched alkanes of at least 4 members (excludes halogenated alkanes) is 1. The van der Waals surface area contributed by atoms with Gasteiger partial charge in [0.05, 0.1) is 17.4 Å². The minimum Gasteiger partial charge on any atom is -0.481 e. The van der Waals surface area contributed by atoms with E-state index in [4.69, 9.17) is 4.74 Å². The Labute approximate surface area is 189 Å². The molecule has 3 aliphatic heterocycles. The van der Waals surface area contributed by atoms with Crippen molar-refractivity contribution in [2.75, 3.05) is 19.7 Å². The molecule has 8 heteroatoms. The van der Waals surface area contributed by atoms with Crippen molar-refractivity contribution in [1.82, 2.24) is 9.80 Å². The van der Waals surface area contributed by atoms with Crippen molar-refractivity contribution in [3.8, 4) is 0 Å². The van der Waals surface area contributed by atoms with E-state index in [2.05, 4.69) is 6.58 Å². The molecule has 0 radical (unpaired) electrons. The highest BCUT2D eigenvalue weighted by Gasteiger charge is 2.78. The normalized spacial score (nSPS) is 36.4. The maximum Gasteiger partial charge on any atom is 0.310 e. The average Bonchev–Trinajstić information content (AvgIpc) is 3.33. The van der Waals surface area contributed by atoms with Gasteiger partial charge in [-0.1, -0.05) is 25.3 Å². The predicted molar refractivity (Wildman–Crippen MR) is 117 cm³/mol. The molecule has 2 amide bonds. The van der Waals surface area contributed by atoms with Crippen LogP contribution in [0, 0.1) is 11.8 Å². The lowest BCUT2D eigenvalue weighted by Crippen LogP contribution is -2.58. The number of fused-ring (bicyclic) bond motifs is 1. The Morgan fingerprint density at radius 2 is 1.97 bits per heavy atom. The van der Waals surface area contributed by atoms with E-state index in [0.717, 1.165) is 32.1 Å². The summed E-state index contributed by atoms with van der Waals surface area (Å²) < 4.78 is 6.44. The smallest absolute Gasteiger partial charge is 0.310 e. The van der Waals surface area contributed by atoms with Crippen LogP contribution in [0.15, 0.2) is 12.7 Å². The number of rotatable bonds is 9. The molecule has 5 atom stereocenters. The van der Waals surface area contributed by atoms with Gasteiger partial charge in [-0.2, -0.15) is 0 Å². The number of hydrogen-bond acceptors (Lipinski definition) is 5. The van der Waals surface area contributed by atoms with Crippen LogP contribution in [0.2, 0.25) is 0 Å². The molecular formula is C24H36N2O6. The van der Waals surface area contributed by atoms with Crippen LogP contribution in [0.3, 0.4) is 0 Å². The number of hydrogen-bond donors (Lipinski definition) is 2. The summed E-state index contributed by atoms with van der Waals surface area (Å²) in [5.74, 6) is -3.28. The minimum atomic E-state index is -1.10. The number of aliphatic hydroxyl groups is 1. The van der Waals surface area contributed by atoms with E-state index in [0.29, 0.717) is 38.8 Å². The van der Waals surface area contributed by atoms with Crippen molar-refractivity contribution < 1.29 is 29.3 Å². The lowest BCUT2D eigenvalue weighted by atomic mass is 9.66. The first-order chi connectivity index (χ1) is 15.3. The van der Waals surface area contributed by atoms with Crippen LogP contribution in [0.25, 0.3) is 0 Å². The van der Waals surface area contributed by atoms with Gasteiger partial charge in [0.25, 0.3) is 0 Å². The molecule has 178 valence electrons. The summed E-state index contributed by atoms with van der Waals surface area (Å²) in [4.78, 5) is 43.4. The van der Waals surface area contributed by atoms with E-state index >= 15 is 0 Å². The third-order valence-corrected chi connectivity index (χ3v) is 8.21. The van der Waals surface area contributed by atoms with Crippen molar-refractivity contribution >= 4 is 17.8 Å². The number of carbonyl (C=O) groups excluding carboxylic acids is 2. The standard InChI is InChI=1S/C24H36N2O6/c1-3-13-25(16-9-5-4-6-10-16)21(29)19-24-12-11-23(2,32-24)18(22(30)31)17(24)20(28)26(19)14-7-8-15-27/h3,16-19,27H,1,4-15H2,2H3,(H,30,31)/t17-,18-,19?,23+,24?/m0/s1. The second-order valence-corrected chi connectivity index (χ2v) is 10.1. The third-order valence-electron chi connectivity index (χ3n) is 8.21. The number of carboxylic acid groups (broad SMARTS) is 1. The maximum absolute atomic E-state index is 14.1.